The van der Waals surface area contributed by atoms with Gasteiger partial charge in [0.25, 0.3) is 0 Å². The van der Waals surface area contributed by atoms with Crippen molar-refractivity contribution < 1.29 is 4.74 Å². The molecular formula is C13H10BrCl3N2O. The van der Waals surface area contributed by atoms with Crippen molar-refractivity contribution in [2.75, 3.05) is 12.4 Å². The summed E-state index contributed by atoms with van der Waals surface area (Å²) in [7, 11) is 1.78. The van der Waals surface area contributed by atoms with Gasteiger partial charge in [0, 0.05) is 17.6 Å². The summed E-state index contributed by atoms with van der Waals surface area (Å²) in [6.07, 6.45) is 0. The highest BCUT2D eigenvalue weighted by Gasteiger charge is 2.09. The summed E-state index contributed by atoms with van der Waals surface area (Å²) in [4.78, 5) is 4.32. The Morgan fingerprint density at radius 1 is 1.15 bits per heavy atom. The first-order valence-electron chi connectivity index (χ1n) is 5.61. The molecule has 1 aromatic heterocycles. The van der Waals surface area contributed by atoms with Crippen molar-refractivity contribution in [3.05, 3.63) is 49.5 Å². The van der Waals surface area contributed by atoms with Gasteiger partial charge in [0.2, 0.25) is 0 Å². The Bertz CT molecular complexity index is 637. The van der Waals surface area contributed by atoms with Crippen LogP contribution in [0.25, 0.3) is 0 Å². The molecule has 0 bridgehead atoms. The van der Waals surface area contributed by atoms with Gasteiger partial charge in [0.05, 0.1) is 20.8 Å². The highest BCUT2D eigenvalue weighted by atomic mass is 79.9. The van der Waals surface area contributed by atoms with E-state index in [0.717, 1.165) is 0 Å². The number of nitrogens with zero attached hydrogens (tertiary/aromatic N) is 1. The normalized spacial score (nSPS) is 10.4. The van der Waals surface area contributed by atoms with E-state index in [1.807, 2.05) is 0 Å². The maximum absolute atomic E-state index is 6.09. The zero-order valence-electron chi connectivity index (χ0n) is 10.4. The predicted octanol–water partition coefficient (Wildman–Crippen LogP) is 5.43. The highest BCUT2D eigenvalue weighted by molar-refractivity contribution is 9.10. The summed E-state index contributed by atoms with van der Waals surface area (Å²) in [5.74, 6) is 1.19. The van der Waals surface area contributed by atoms with Gasteiger partial charge < -0.3 is 10.1 Å². The van der Waals surface area contributed by atoms with Gasteiger partial charge in [-0.15, -0.1) is 0 Å². The minimum atomic E-state index is 0.200. The third-order valence-electron chi connectivity index (χ3n) is 2.51. The lowest BCUT2D eigenvalue weighted by Gasteiger charge is -2.11. The van der Waals surface area contributed by atoms with Gasteiger partial charge in [-0.05, 0) is 34.1 Å². The van der Waals surface area contributed by atoms with Crippen LogP contribution in [-0.4, -0.2) is 12.0 Å². The number of halogens is 4. The third-order valence-corrected chi connectivity index (χ3v) is 4.35. The van der Waals surface area contributed by atoms with Gasteiger partial charge in [-0.3, -0.25) is 0 Å². The molecule has 0 saturated carbocycles. The average molecular weight is 396 g/mol. The fourth-order valence-corrected chi connectivity index (χ4v) is 2.49. The Kier molecular flexibility index (Phi) is 5.38. The maximum atomic E-state index is 6.09. The molecule has 1 aromatic carbocycles. The largest absolute Gasteiger partial charge is 0.486 e. The molecule has 106 valence electrons. The van der Waals surface area contributed by atoms with Crippen molar-refractivity contribution in [3.63, 3.8) is 0 Å². The monoisotopic (exact) mass is 394 g/mol. The van der Waals surface area contributed by atoms with Crippen LogP contribution < -0.4 is 10.1 Å². The first-order valence-corrected chi connectivity index (χ1v) is 7.54. The number of hydrogen-bond acceptors (Lipinski definition) is 3. The fourth-order valence-electron chi connectivity index (χ4n) is 1.49. The van der Waals surface area contributed by atoms with E-state index in [9.17, 15) is 0 Å². The van der Waals surface area contributed by atoms with E-state index in [4.69, 9.17) is 39.5 Å². The van der Waals surface area contributed by atoms with Crippen LogP contribution in [0.5, 0.6) is 5.75 Å². The van der Waals surface area contributed by atoms with Crippen LogP contribution in [0.2, 0.25) is 15.1 Å². The minimum absolute atomic E-state index is 0.200. The summed E-state index contributed by atoms with van der Waals surface area (Å²) >= 11 is 21.5. The number of pyridine rings is 1. The van der Waals surface area contributed by atoms with Crippen LogP contribution in [0.15, 0.2) is 28.7 Å². The first-order chi connectivity index (χ1) is 9.51. The third kappa shape index (κ3) is 3.70. The molecule has 3 nitrogen and oxygen atoms in total. The quantitative estimate of drug-likeness (QED) is 0.700. The number of aromatic nitrogens is 1. The Balaban J connectivity index is 2.18. The lowest BCUT2D eigenvalue weighted by Crippen LogP contribution is -2.02. The lowest BCUT2D eigenvalue weighted by molar-refractivity contribution is 0.302. The SMILES string of the molecule is CNc1ccc(Cl)c(COc2cc(Cl)c(Br)cc2Cl)n1. The summed E-state index contributed by atoms with van der Waals surface area (Å²) < 4.78 is 6.34. The molecule has 0 aliphatic heterocycles. The Labute approximate surface area is 140 Å². The zero-order chi connectivity index (χ0) is 14.7. The first kappa shape index (κ1) is 15.7. The van der Waals surface area contributed by atoms with Crippen molar-refractivity contribution in [3.8, 4) is 5.75 Å². The summed E-state index contributed by atoms with van der Waals surface area (Å²) in [6.45, 7) is 0.200. The van der Waals surface area contributed by atoms with Gasteiger partial charge in [-0.1, -0.05) is 34.8 Å². The molecule has 0 aliphatic carbocycles. The summed E-state index contributed by atoms with van der Waals surface area (Å²) in [5, 5.41) is 4.45. The second kappa shape index (κ2) is 6.85. The lowest BCUT2D eigenvalue weighted by atomic mass is 10.3. The number of hydrogen-bond donors (Lipinski definition) is 1. The molecule has 0 saturated heterocycles. The second-order valence-electron chi connectivity index (χ2n) is 3.86. The minimum Gasteiger partial charge on any atom is -0.486 e. The molecule has 0 fully saturated rings. The Morgan fingerprint density at radius 3 is 2.60 bits per heavy atom. The summed E-state index contributed by atoms with van der Waals surface area (Å²) in [5.41, 5.74) is 0.619. The van der Waals surface area contributed by atoms with Crippen LogP contribution in [-0.2, 0) is 6.61 Å². The highest BCUT2D eigenvalue weighted by Crippen LogP contribution is 2.34. The van der Waals surface area contributed by atoms with Crippen LogP contribution in [0.3, 0.4) is 0 Å². The number of ether oxygens (including phenoxy) is 1. The number of anilines is 1. The van der Waals surface area contributed by atoms with Gasteiger partial charge in [0.15, 0.2) is 0 Å². The number of nitrogens with one attached hydrogen (secondary N) is 1. The van der Waals surface area contributed by atoms with E-state index in [-0.39, 0.29) is 6.61 Å². The molecule has 1 heterocycles. The van der Waals surface area contributed by atoms with E-state index in [0.29, 0.717) is 36.8 Å². The van der Waals surface area contributed by atoms with E-state index in [1.165, 1.54) is 0 Å². The van der Waals surface area contributed by atoms with Crippen LogP contribution in [0.4, 0.5) is 5.82 Å². The Morgan fingerprint density at radius 2 is 1.90 bits per heavy atom. The topological polar surface area (TPSA) is 34.1 Å². The van der Waals surface area contributed by atoms with Crippen molar-refractivity contribution in [2.45, 2.75) is 6.61 Å². The van der Waals surface area contributed by atoms with E-state index >= 15 is 0 Å². The molecule has 0 amide bonds. The molecule has 2 aromatic rings. The summed E-state index contributed by atoms with van der Waals surface area (Å²) in [6, 6.07) is 6.87. The molecule has 7 heteroatoms. The number of benzene rings is 1. The molecule has 0 unspecified atom stereocenters. The van der Waals surface area contributed by atoms with Gasteiger partial charge in [0.1, 0.15) is 18.2 Å². The molecule has 0 radical (unpaired) electrons. The van der Waals surface area contributed by atoms with Crippen molar-refractivity contribution in [1.82, 2.24) is 4.98 Å². The zero-order valence-corrected chi connectivity index (χ0v) is 14.2. The molecule has 0 atom stereocenters. The molecular weight excluding hydrogens is 386 g/mol. The van der Waals surface area contributed by atoms with Crippen molar-refractivity contribution >= 4 is 56.6 Å². The van der Waals surface area contributed by atoms with Gasteiger partial charge >= 0.3 is 0 Å². The maximum Gasteiger partial charge on any atom is 0.140 e. The molecule has 0 spiro atoms. The van der Waals surface area contributed by atoms with E-state index < -0.39 is 0 Å². The van der Waals surface area contributed by atoms with Gasteiger partial charge in [-0.25, -0.2) is 4.98 Å². The van der Waals surface area contributed by atoms with Crippen molar-refractivity contribution in [2.24, 2.45) is 0 Å². The van der Waals surface area contributed by atoms with E-state index in [2.05, 4.69) is 26.2 Å². The predicted molar refractivity (Wildman–Crippen MR) is 87.3 cm³/mol. The second-order valence-corrected chi connectivity index (χ2v) is 5.94. The van der Waals surface area contributed by atoms with Crippen molar-refractivity contribution in [1.29, 1.82) is 0 Å². The fraction of sp³-hybridized carbons (Fsp3) is 0.154. The van der Waals surface area contributed by atoms with E-state index in [1.54, 1.807) is 31.3 Å². The Hall–Kier alpha value is -0.680. The molecule has 1 N–H and O–H groups in total. The number of rotatable bonds is 4. The smallest absolute Gasteiger partial charge is 0.140 e. The molecule has 0 aliphatic rings. The molecule has 20 heavy (non-hydrogen) atoms. The van der Waals surface area contributed by atoms with Gasteiger partial charge in [-0.2, -0.15) is 0 Å². The van der Waals surface area contributed by atoms with Crippen LogP contribution in [0.1, 0.15) is 5.69 Å². The van der Waals surface area contributed by atoms with Crippen LogP contribution in [0, 0.1) is 0 Å². The average Bonchev–Trinajstić information content (AvgIpc) is 2.43. The molecule has 2 rings (SSSR count). The standard InChI is InChI=1S/C13H10BrCl3N2O/c1-18-13-3-2-8(15)11(19-13)6-20-12-5-9(16)7(14)4-10(12)17/h2-5H,6H2,1H3,(H,18,19). The van der Waals surface area contributed by atoms with Crippen LogP contribution >= 0.6 is 50.7 Å².